The third kappa shape index (κ3) is 3.43. The maximum absolute atomic E-state index is 12.7. The molecule has 2 aliphatic heterocycles. The molecule has 0 radical (unpaired) electrons. The fourth-order valence-electron chi connectivity index (χ4n) is 3.93. The van der Waals surface area contributed by atoms with E-state index in [4.69, 9.17) is 0 Å². The van der Waals surface area contributed by atoms with Gasteiger partial charge in [0.25, 0.3) is 11.1 Å². The van der Waals surface area contributed by atoms with Crippen molar-refractivity contribution in [1.82, 2.24) is 4.90 Å². The zero-order chi connectivity index (χ0) is 20.8. The molecule has 0 aliphatic carbocycles. The summed E-state index contributed by atoms with van der Waals surface area (Å²) in [5, 5.41) is -0.457. The van der Waals surface area contributed by atoms with Crippen molar-refractivity contribution in [2.24, 2.45) is 0 Å². The minimum atomic E-state index is -0.942. The van der Waals surface area contributed by atoms with Gasteiger partial charge in [-0.05, 0) is 74.2 Å². The fraction of sp³-hybridized carbons (Fsp3) is 0.476. The lowest BCUT2D eigenvalue weighted by Gasteiger charge is -2.45. The van der Waals surface area contributed by atoms with E-state index in [9.17, 15) is 14.4 Å². The van der Waals surface area contributed by atoms with Crippen LogP contribution in [0.1, 0.15) is 51.2 Å². The number of hydrogen-bond donors (Lipinski definition) is 0. The van der Waals surface area contributed by atoms with Crippen molar-refractivity contribution in [3.05, 3.63) is 34.2 Å². The van der Waals surface area contributed by atoms with E-state index in [0.717, 1.165) is 28.6 Å². The van der Waals surface area contributed by atoms with Crippen molar-refractivity contribution < 1.29 is 19.1 Å². The molecular formula is C21H26N2O4S. The molecule has 0 unspecified atom stereocenters. The smallest absolute Gasteiger partial charge is 0.328 e. The van der Waals surface area contributed by atoms with Crippen LogP contribution >= 0.6 is 11.8 Å². The normalized spacial score (nSPS) is 23.8. The van der Waals surface area contributed by atoms with Crippen molar-refractivity contribution in [1.29, 1.82) is 0 Å². The molecule has 1 aromatic rings. The molecule has 1 saturated heterocycles. The Balaban J connectivity index is 1.91. The Labute approximate surface area is 169 Å². The van der Waals surface area contributed by atoms with Crippen LogP contribution < -0.4 is 4.90 Å². The second kappa shape index (κ2) is 7.28. The first-order valence-electron chi connectivity index (χ1n) is 9.29. The van der Waals surface area contributed by atoms with Gasteiger partial charge in [-0.25, -0.2) is 4.79 Å². The fourth-order valence-corrected chi connectivity index (χ4v) is 4.83. The lowest BCUT2D eigenvalue weighted by Crippen LogP contribution is -2.45. The first-order chi connectivity index (χ1) is 13.1. The third-order valence-electron chi connectivity index (χ3n) is 5.71. The molecule has 1 aromatic carbocycles. The summed E-state index contributed by atoms with van der Waals surface area (Å²) in [6.07, 6.45) is 2.76. The number of nitrogens with zero attached hydrogens (tertiary/aromatic N) is 2. The quantitative estimate of drug-likeness (QED) is 0.562. The van der Waals surface area contributed by atoms with E-state index < -0.39 is 23.2 Å². The summed E-state index contributed by atoms with van der Waals surface area (Å²) in [7, 11) is 3.34. The van der Waals surface area contributed by atoms with Crippen LogP contribution in [0, 0.1) is 0 Å². The van der Waals surface area contributed by atoms with Crippen LogP contribution in [0.3, 0.4) is 0 Å². The number of carbonyl (C=O) groups excluding carboxylic acids is 3. The minimum Gasteiger partial charge on any atom is -0.467 e. The standard InChI is InChI=1S/C21H26N2O4S/c1-12-11-21(3,4)22(5)16-8-7-14(9-15(12)16)10-17-18(24)23(20(26)28-17)13(2)19(25)27-6/h7-10,12-13H,11H2,1-6H3/b17-10+/t12-,13+/m1/s1. The molecule has 150 valence electrons. The van der Waals surface area contributed by atoms with Gasteiger partial charge < -0.3 is 9.64 Å². The summed E-state index contributed by atoms with van der Waals surface area (Å²) in [4.78, 5) is 40.2. The average Bonchev–Trinajstić information content (AvgIpc) is 2.91. The van der Waals surface area contributed by atoms with Gasteiger partial charge in [0.05, 0.1) is 12.0 Å². The second-order valence-corrected chi connectivity index (χ2v) is 9.04. The molecule has 2 aliphatic rings. The summed E-state index contributed by atoms with van der Waals surface area (Å²) >= 11 is 0.852. The molecule has 3 rings (SSSR count). The number of ether oxygens (including phenoxy) is 1. The molecule has 0 spiro atoms. The number of benzene rings is 1. The molecule has 0 saturated carbocycles. The SMILES string of the molecule is COC(=O)[C@H](C)N1C(=O)S/C(=C/c2ccc3c(c2)[C@H](C)CC(C)(C)N3C)C1=O. The average molecular weight is 403 g/mol. The van der Waals surface area contributed by atoms with Gasteiger partial charge in [-0.1, -0.05) is 13.0 Å². The van der Waals surface area contributed by atoms with Gasteiger partial charge in [-0.15, -0.1) is 0 Å². The monoisotopic (exact) mass is 402 g/mol. The lowest BCUT2D eigenvalue weighted by atomic mass is 9.80. The Bertz CT molecular complexity index is 877. The summed E-state index contributed by atoms with van der Waals surface area (Å²) in [5.74, 6) is -0.683. The van der Waals surface area contributed by atoms with Gasteiger partial charge in [0.1, 0.15) is 6.04 Å². The van der Waals surface area contributed by atoms with E-state index in [-0.39, 0.29) is 5.54 Å². The number of esters is 1. The number of imide groups is 1. The molecule has 1 fully saturated rings. The van der Waals surface area contributed by atoms with Crippen LogP contribution in [-0.2, 0) is 14.3 Å². The number of carbonyl (C=O) groups is 3. The van der Waals surface area contributed by atoms with E-state index in [2.05, 4.69) is 49.6 Å². The van der Waals surface area contributed by atoms with Crippen LogP contribution in [0.4, 0.5) is 10.5 Å². The Morgan fingerprint density at radius 1 is 1.36 bits per heavy atom. The lowest BCUT2D eigenvalue weighted by molar-refractivity contribution is -0.148. The topological polar surface area (TPSA) is 66.9 Å². The van der Waals surface area contributed by atoms with Crippen molar-refractivity contribution in [3.63, 3.8) is 0 Å². The van der Waals surface area contributed by atoms with Gasteiger partial charge in [-0.3, -0.25) is 14.5 Å². The molecule has 28 heavy (non-hydrogen) atoms. The number of anilines is 1. The summed E-state index contributed by atoms with van der Waals surface area (Å²) < 4.78 is 4.66. The summed E-state index contributed by atoms with van der Waals surface area (Å²) in [6, 6.07) is 5.17. The molecule has 2 heterocycles. The van der Waals surface area contributed by atoms with E-state index in [1.807, 2.05) is 6.07 Å². The molecule has 7 heteroatoms. The second-order valence-electron chi connectivity index (χ2n) is 8.05. The van der Waals surface area contributed by atoms with Crippen molar-refractivity contribution in [2.45, 2.75) is 51.6 Å². The zero-order valence-corrected chi connectivity index (χ0v) is 17.9. The summed E-state index contributed by atoms with van der Waals surface area (Å²) in [6.45, 7) is 8.17. The zero-order valence-electron chi connectivity index (χ0n) is 17.1. The van der Waals surface area contributed by atoms with E-state index in [1.165, 1.54) is 25.3 Å². The Morgan fingerprint density at radius 2 is 2.04 bits per heavy atom. The predicted molar refractivity (Wildman–Crippen MR) is 111 cm³/mol. The molecule has 2 amide bonds. The van der Waals surface area contributed by atoms with Gasteiger partial charge in [0.2, 0.25) is 0 Å². The van der Waals surface area contributed by atoms with Gasteiger partial charge in [0, 0.05) is 18.3 Å². The van der Waals surface area contributed by atoms with E-state index in [1.54, 1.807) is 6.08 Å². The van der Waals surface area contributed by atoms with Crippen LogP contribution in [0.15, 0.2) is 23.1 Å². The molecular weight excluding hydrogens is 376 g/mol. The molecule has 0 bridgehead atoms. The Hall–Kier alpha value is -2.28. The van der Waals surface area contributed by atoms with Crippen LogP contribution in [-0.4, -0.2) is 47.8 Å². The largest absolute Gasteiger partial charge is 0.467 e. The van der Waals surface area contributed by atoms with Crippen molar-refractivity contribution in [3.8, 4) is 0 Å². The molecule has 0 aromatic heterocycles. The number of thioether (sulfide) groups is 1. The van der Waals surface area contributed by atoms with Gasteiger partial charge in [-0.2, -0.15) is 0 Å². The van der Waals surface area contributed by atoms with E-state index >= 15 is 0 Å². The van der Waals surface area contributed by atoms with Gasteiger partial charge in [0.15, 0.2) is 0 Å². The number of rotatable bonds is 3. The van der Waals surface area contributed by atoms with Crippen LogP contribution in [0.2, 0.25) is 0 Å². The maximum atomic E-state index is 12.7. The van der Waals surface area contributed by atoms with Crippen molar-refractivity contribution in [2.75, 3.05) is 19.1 Å². The number of methoxy groups -OCH3 is 1. The minimum absolute atomic E-state index is 0.0839. The van der Waals surface area contributed by atoms with Crippen LogP contribution in [0.25, 0.3) is 6.08 Å². The predicted octanol–water partition coefficient (Wildman–Crippen LogP) is 4.01. The Kier molecular flexibility index (Phi) is 5.32. The molecule has 0 N–H and O–H groups in total. The maximum Gasteiger partial charge on any atom is 0.328 e. The number of amides is 2. The molecule has 6 nitrogen and oxygen atoms in total. The van der Waals surface area contributed by atoms with Crippen molar-refractivity contribution >= 4 is 40.6 Å². The first kappa shape index (κ1) is 20.5. The first-order valence-corrected chi connectivity index (χ1v) is 10.1. The third-order valence-corrected chi connectivity index (χ3v) is 6.59. The highest BCUT2D eigenvalue weighted by molar-refractivity contribution is 8.18. The highest BCUT2D eigenvalue weighted by Gasteiger charge is 2.41. The molecule has 2 atom stereocenters. The Morgan fingerprint density at radius 3 is 2.68 bits per heavy atom. The van der Waals surface area contributed by atoms with Gasteiger partial charge >= 0.3 is 5.97 Å². The van der Waals surface area contributed by atoms with Crippen LogP contribution in [0.5, 0.6) is 0 Å². The summed E-state index contributed by atoms with van der Waals surface area (Å²) in [5.41, 5.74) is 3.38. The number of fused-ring (bicyclic) bond motifs is 1. The van der Waals surface area contributed by atoms with E-state index in [0.29, 0.717) is 10.8 Å². The number of hydrogen-bond acceptors (Lipinski definition) is 6. The highest BCUT2D eigenvalue weighted by atomic mass is 32.2. The highest BCUT2D eigenvalue weighted by Crippen LogP contribution is 2.43.